The zero-order valence-corrected chi connectivity index (χ0v) is 93.2. The molecule has 32 rings (SSSR count). The van der Waals surface area contributed by atoms with Crippen LogP contribution in [0.2, 0.25) is 20.1 Å². The molecule has 0 saturated heterocycles. The minimum absolute atomic E-state index is 0.0000683. The van der Waals surface area contributed by atoms with E-state index in [1.807, 2.05) is 101 Å². The maximum atomic E-state index is 6.63. The summed E-state index contributed by atoms with van der Waals surface area (Å²) in [5, 5.41) is 18.3. The Hall–Kier alpha value is -13.4. The van der Waals surface area contributed by atoms with E-state index in [1.165, 1.54) is 237 Å². The molecule has 0 atom stereocenters. The molecule has 0 radical (unpaired) electrons. The van der Waals surface area contributed by atoms with Crippen molar-refractivity contribution in [2.75, 3.05) is 0 Å². The second-order valence-electron chi connectivity index (χ2n) is 43.7. The molecule has 728 valence electrons. The Balaban J connectivity index is 0.0000000888. The van der Waals surface area contributed by atoms with E-state index in [1.54, 1.807) is 0 Å². The molecule has 0 spiro atoms. The second kappa shape index (κ2) is 35.1. The van der Waals surface area contributed by atoms with Gasteiger partial charge in [0.2, 0.25) is 0 Å². The zero-order valence-electron chi connectivity index (χ0n) is 84.5. The van der Waals surface area contributed by atoms with Gasteiger partial charge in [0.1, 0.15) is 33.5 Å². The van der Waals surface area contributed by atoms with Gasteiger partial charge in [0.05, 0.1) is 4.47 Å². The zero-order chi connectivity index (χ0) is 103. The molecule has 20 aromatic carbocycles. The molecule has 6 aliphatic rings. The van der Waals surface area contributed by atoms with Gasteiger partial charge < -0.3 is 13.3 Å². The molecular weight excluding hydrogens is 2100 g/mol. The van der Waals surface area contributed by atoms with Crippen LogP contribution in [-0.4, -0.2) is 0 Å². The van der Waals surface area contributed by atoms with E-state index >= 15 is 0 Å². The Morgan fingerprint density at radius 1 is 0.187 bits per heavy atom. The maximum Gasteiger partial charge on any atom is 0.149 e. The standard InChI is InChI=1S/C27H19ClO.C27H19ClS.C21H15BrO.C21H15BrS.C21H15ClO.C21H15ClS/c2*1-27(2)22-9-4-3-6-21(22)24-23(27)15-14-20-19-8-5-7-18(25(19)29-26(20)24)16-10-12-17(28)13-11-16;2*1-21(2)15-8-4-3-6-14(15)18-16(21)11-10-13-12-7-5-9-17(22)19(12)23-20(13)18;2*1-21(2)16-10-9-14-13-5-3-4-6-18(13)23-20(14)19(16)15-8-7-12(22)11-17(15)21/h2*3-15H,1-2H3;4*3-11H,1-2H3. The number of hydrogen-bond acceptors (Lipinski definition) is 6. The van der Waals surface area contributed by atoms with Crippen molar-refractivity contribution in [3.8, 4) is 89.0 Å². The Kier molecular flexibility index (Phi) is 22.2. The van der Waals surface area contributed by atoms with Crippen LogP contribution in [0.25, 0.3) is 215 Å². The van der Waals surface area contributed by atoms with Crippen molar-refractivity contribution in [3.63, 3.8) is 0 Å². The first-order chi connectivity index (χ1) is 72.4. The summed E-state index contributed by atoms with van der Waals surface area (Å²) in [7, 11) is 0. The molecule has 150 heavy (non-hydrogen) atoms. The van der Waals surface area contributed by atoms with Crippen molar-refractivity contribution < 1.29 is 13.3 Å². The quantitative estimate of drug-likeness (QED) is 0.173. The van der Waals surface area contributed by atoms with Gasteiger partial charge in [-0.15, -0.1) is 34.0 Å². The summed E-state index contributed by atoms with van der Waals surface area (Å²) in [4.78, 5) is 0. The van der Waals surface area contributed by atoms with Crippen LogP contribution in [0.5, 0.6) is 0 Å². The SMILES string of the molecule is CC1(C)c2cc(Cl)ccc2-c2c1ccc1c2oc2ccccc21.CC1(C)c2cc(Cl)ccc2-c2c1ccc1c2sc2ccccc21.CC1(C)c2ccccc2-c2c1ccc1c2oc2c(-c3ccc(Cl)cc3)cccc21.CC1(C)c2ccccc2-c2c1ccc1c2oc2c(Br)cccc21.CC1(C)c2ccccc2-c2c1ccc1c2sc2c(-c3ccc(Cl)cc3)cccc21.CC1(C)c2ccccc2-c2c1ccc1c2sc2c(Br)cccc21. The van der Waals surface area contributed by atoms with Gasteiger partial charge in [-0.1, -0.05) is 433 Å². The highest BCUT2D eigenvalue weighted by Crippen LogP contribution is 2.62. The molecule has 26 aromatic rings. The number of rotatable bonds is 2. The lowest BCUT2D eigenvalue weighted by atomic mass is 9.82. The topological polar surface area (TPSA) is 39.4 Å². The summed E-state index contributed by atoms with van der Waals surface area (Å²) in [6.45, 7) is 27.7. The number of furan rings is 3. The maximum absolute atomic E-state index is 6.63. The van der Waals surface area contributed by atoms with Crippen molar-refractivity contribution in [1.82, 2.24) is 0 Å². The van der Waals surface area contributed by atoms with E-state index in [0.717, 1.165) is 74.6 Å². The first kappa shape index (κ1) is 95.0. The lowest BCUT2D eigenvalue weighted by Crippen LogP contribution is -2.14. The molecule has 0 bridgehead atoms. The largest absolute Gasteiger partial charge is 0.455 e. The molecule has 3 nitrogen and oxygen atoms in total. The highest BCUT2D eigenvalue weighted by molar-refractivity contribution is 9.11. The van der Waals surface area contributed by atoms with Crippen LogP contribution >= 0.6 is 112 Å². The molecule has 0 N–H and O–H groups in total. The van der Waals surface area contributed by atoms with E-state index in [-0.39, 0.29) is 32.5 Å². The predicted octanol–water partition coefficient (Wildman–Crippen LogP) is 44.2. The van der Waals surface area contributed by atoms with Crippen LogP contribution < -0.4 is 0 Å². The Labute approximate surface area is 919 Å². The summed E-state index contributed by atoms with van der Waals surface area (Å²) in [6, 6.07) is 134. The van der Waals surface area contributed by atoms with Crippen LogP contribution in [-0.2, 0) is 32.5 Å². The first-order valence-corrected chi connectivity index (χ1v) is 56.7. The summed E-state index contributed by atoms with van der Waals surface area (Å²) in [5.74, 6) is 0. The summed E-state index contributed by atoms with van der Waals surface area (Å²) < 4.78 is 29.7. The third-order valence-corrected chi connectivity index (χ3v) is 39.6. The molecule has 12 heteroatoms. The van der Waals surface area contributed by atoms with Gasteiger partial charge in [-0.05, 0) is 221 Å². The third kappa shape index (κ3) is 14.4. The molecule has 6 heterocycles. The Morgan fingerprint density at radius 2 is 0.480 bits per heavy atom. The highest BCUT2D eigenvalue weighted by atomic mass is 79.9. The fourth-order valence-corrected chi connectivity index (χ4v) is 31.3. The minimum atomic E-state index is -0.0667. The minimum Gasteiger partial charge on any atom is -0.455 e. The van der Waals surface area contributed by atoms with Gasteiger partial charge in [0.25, 0.3) is 0 Å². The van der Waals surface area contributed by atoms with Gasteiger partial charge in [0, 0.05) is 189 Å². The Morgan fingerprint density at radius 3 is 0.967 bits per heavy atom. The van der Waals surface area contributed by atoms with Crippen LogP contribution in [0.3, 0.4) is 0 Å². The second-order valence-corrected chi connectivity index (χ2v) is 50.3. The van der Waals surface area contributed by atoms with E-state index in [0.29, 0.717) is 0 Å². The summed E-state index contributed by atoms with van der Waals surface area (Å²) in [6.07, 6.45) is 0. The van der Waals surface area contributed by atoms with E-state index in [2.05, 4.69) is 424 Å². The molecular formula is C138H98Br2Cl4O3S3. The summed E-state index contributed by atoms with van der Waals surface area (Å²) in [5.41, 5.74) is 42.9. The lowest BCUT2D eigenvalue weighted by molar-refractivity contribution is 0.652. The van der Waals surface area contributed by atoms with Gasteiger partial charge >= 0.3 is 0 Å². The predicted molar refractivity (Wildman–Crippen MR) is 651 cm³/mol. The average molecular weight is 2200 g/mol. The number of thiophene rings is 3. The first-order valence-electron chi connectivity index (χ1n) is 51.1. The van der Waals surface area contributed by atoms with Gasteiger partial charge in [-0.3, -0.25) is 0 Å². The third-order valence-electron chi connectivity index (χ3n) is 33.3. The van der Waals surface area contributed by atoms with Crippen molar-refractivity contribution in [2.24, 2.45) is 0 Å². The van der Waals surface area contributed by atoms with Crippen molar-refractivity contribution in [2.45, 2.75) is 116 Å². The van der Waals surface area contributed by atoms with Crippen LogP contribution in [0.1, 0.15) is 150 Å². The van der Waals surface area contributed by atoms with Crippen molar-refractivity contribution >= 4 is 239 Å². The molecule has 0 amide bonds. The van der Waals surface area contributed by atoms with Gasteiger partial charge in [-0.25, -0.2) is 0 Å². The summed E-state index contributed by atoms with van der Waals surface area (Å²) >= 11 is 37.8. The number of para-hydroxylation sites is 3. The van der Waals surface area contributed by atoms with Crippen molar-refractivity contribution in [3.05, 3.63) is 472 Å². The van der Waals surface area contributed by atoms with Gasteiger partial charge in [-0.2, -0.15) is 0 Å². The smallest absolute Gasteiger partial charge is 0.149 e. The van der Waals surface area contributed by atoms with E-state index in [4.69, 9.17) is 59.7 Å². The van der Waals surface area contributed by atoms with Crippen molar-refractivity contribution in [1.29, 1.82) is 0 Å². The average Bonchev–Trinajstić information content (AvgIpc) is 1.55. The molecule has 0 aliphatic heterocycles. The fraction of sp³-hybridized carbons (Fsp3) is 0.130. The van der Waals surface area contributed by atoms with Crippen LogP contribution in [0.15, 0.2) is 398 Å². The highest BCUT2D eigenvalue weighted by Gasteiger charge is 2.45. The Bertz CT molecular complexity index is 9670. The van der Waals surface area contributed by atoms with E-state index in [9.17, 15) is 0 Å². The number of benzene rings is 20. The lowest BCUT2D eigenvalue weighted by Gasteiger charge is -2.21. The van der Waals surface area contributed by atoms with Gasteiger partial charge in [0.15, 0.2) is 0 Å². The molecule has 6 aromatic heterocycles. The van der Waals surface area contributed by atoms with Crippen LogP contribution in [0.4, 0.5) is 0 Å². The number of fused-ring (bicyclic) bond motifs is 42. The fourth-order valence-electron chi connectivity index (χ4n) is 25.8. The molecule has 0 unspecified atom stereocenters. The molecule has 0 fully saturated rings. The van der Waals surface area contributed by atoms with E-state index < -0.39 is 0 Å². The van der Waals surface area contributed by atoms with Crippen LogP contribution in [0, 0.1) is 0 Å². The molecule has 6 aliphatic carbocycles. The number of hydrogen-bond donors (Lipinski definition) is 0. The monoisotopic (exact) mass is 2200 g/mol. The molecule has 0 saturated carbocycles. The normalized spacial score (nSPS) is 14.8. The number of halogens is 6.